The van der Waals surface area contributed by atoms with E-state index < -0.39 is 0 Å². The molecule has 1 fully saturated rings. The van der Waals surface area contributed by atoms with Crippen molar-refractivity contribution in [3.8, 4) is 11.5 Å². The smallest absolute Gasteiger partial charge is 0.246 e. The zero-order chi connectivity index (χ0) is 15.1. The van der Waals surface area contributed by atoms with Gasteiger partial charge in [-0.05, 0) is 37.0 Å². The predicted octanol–water partition coefficient (Wildman–Crippen LogP) is 2.98. The molecule has 1 N–H and O–H groups in total. The van der Waals surface area contributed by atoms with Crippen molar-refractivity contribution in [2.45, 2.75) is 19.3 Å². The number of ether oxygens (including phenoxy) is 1. The molecule has 112 valence electrons. The van der Waals surface area contributed by atoms with Gasteiger partial charge in [-0.2, -0.15) is 0 Å². The summed E-state index contributed by atoms with van der Waals surface area (Å²) >= 11 is 0. The summed E-state index contributed by atoms with van der Waals surface area (Å²) < 4.78 is 5.05. The molecule has 1 saturated heterocycles. The van der Waals surface area contributed by atoms with Gasteiger partial charge in [-0.25, -0.2) is 0 Å². The second kappa shape index (κ2) is 7.53. The van der Waals surface area contributed by atoms with Gasteiger partial charge in [0.1, 0.15) is 0 Å². The third-order valence-corrected chi connectivity index (χ3v) is 3.51. The highest BCUT2D eigenvalue weighted by molar-refractivity contribution is 5.88. The third-order valence-electron chi connectivity index (χ3n) is 3.51. The van der Waals surface area contributed by atoms with Crippen LogP contribution in [0.25, 0.3) is 6.08 Å². The van der Waals surface area contributed by atoms with Gasteiger partial charge < -0.3 is 14.7 Å². The average molecular weight is 287 g/mol. The molecule has 0 saturated carbocycles. The molecular formula is C17H21NO3. The number of rotatable bonds is 4. The Morgan fingerprint density at radius 1 is 1.24 bits per heavy atom. The van der Waals surface area contributed by atoms with Gasteiger partial charge in [-0.15, -0.1) is 0 Å². The van der Waals surface area contributed by atoms with Crippen molar-refractivity contribution in [3.63, 3.8) is 0 Å². The van der Waals surface area contributed by atoms with E-state index >= 15 is 0 Å². The van der Waals surface area contributed by atoms with Crippen molar-refractivity contribution in [2.24, 2.45) is 0 Å². The zero-order valence-corrected chi connectivity index (χ0v) is 12.3. The number of nitrogens with zero attached hydrogens (tertiary/aromatic N) is 1. The monoisotopic (exact) mass is 287 g/mol. The molecule has 1 heterocycles. The van der Waals surface area contributed by atoms with Crippen LogP contribution in [0.3, 0.4) is 0 Å². The summed E-state index contributed by atoms with van der Waals surface area (Å²) in [5, 5.41) is 9.51. The molecule has 1 aromatic carbocycles. The van der Waals surface area contributed by atoms with Crippen LogP contribution >= 0.6 is 0 Å². The van der Waals surface area contributed by atoms with E-state index in [1.807, 2.05) is 17.1 Å². The molecular weight excluding hydrogens is 266 g/mol. The minimum Gasteiger partial charge on any atom is -0.504 e. The number of phenolic OH excluding ortho intramolecular Hbond substituents is 1. The van der Waals surface area contributed by atoms with E-state index in [-0.39, 0.29) is 11.7 Å². The molecule has 0 spiro atoms. The van der Waals surface area contributed by atoms with Crippen LogP contribution in [0, 0.1) is 0 Å². The van der Waals surface area contributed by atoms with Crippen molar-refractivity contribution in [2.75, 3.05) is 20.2 Å². The number of hydrogen-bond acceptors (Lipinski definition) is 3. The maximum absolute atomic E-state index is 11.9. The fourth-order valence-electron chi connectivity index (χ4n) is 2.32. The van der Waals surface area contributed by atoms with Crippen LogP contribution in [-0.2, 0) is 4.79 Å². The van der Waals surface area contributed by atoms with Crippen molar-refractivity contribution in [1.29, 1.82) is 0 Å². The Morgan fingerprint density at radius 2 is 2.00 bits per heavy atom. The number of aromatic hydroxyl groups is 1. The van der Waals surface area contributed by atoms with Gasteiger partial charge in [0, 0.05) is 19.2 Å². The summed E-state index contributed by atoms with van der Waals surface area (Å²) in [4.78, 5) is 13.8. The molecule has 0 atom stereocenters. The number of phenols is 1. The lowest BCUT2D eigenvalue weighted by Crippen LogP contribution is -2.34. The lowest BCUT2D eigenvalue weighted by Gasteiger charge is -2.25. The predicted molar refractivity (Wildman–Crippen MR) is 83.3 cm³/mol. The Kier molecular flexibility index (Phi) is 5.43. The van der Waals surface area contributed by atoms with Crippen molar-refractivity contribution >= 4 is 12.0 Å². The summed E-state index contributed by atoms with van der Waals surface area (Å²) in [6.45, 7) is 1.73. The lowest BCUT2D eigenvalue weighted by atomic mass is 10.1. The molecule has 1 aliphatic rings. The van der Waals surface area contributed by atoms with Crippen LogP contribution in [0.5, 0.6) is 11.5 Å². The topological polar surface area (TPSA) is 49.8 Å². The summed E-state index contributed by atoms with van der Waals surface area (Å²) in [6.07, 6.45) is 10.4. The van der Waals surface area contributed by atoms with E-state index in [0.29, 0.717) is 5.75 Å². The first-order valence-electron chi connectivity index (χ1n) is 7.21. The van der Waals surface area contributed by atoms with Crippen molar-refractivity contribution in [3.05, 3.63) is 42.0 Å². The second-order valence-corrected chi connectivity index (χ2v) is 5.04. The van der Waals surface area contributed by atoms with E-state index in [4.69, 9.17) is 4.74 Å². The van der Waals surface area contributed by atoms with Crippen LogP contribution in [-0.4, -0.2) is 36.1 Å². The minimum atomic E-state index is 0.0719. The molecule has 0 aromatic heterocycles. The van der Waals surface area contributed by atoms with E-state index in [2.05, 4.69) is 0 Å². The van der Waals surface area contributed by atoms with Gasteiger partial charge in [0.05, 0.1) is 7.11 Å². The zero-order valence-electron chi connectivity index (χ0n) is 12.3. The second-order valence-electron chi connectivity index (χ2n) is 5.04. The number of carbonyl (C=O) groups excluding carboxylic acids is 1. The van der Waals surface area contributed by atoms with Gasteiger partial charge >= 0.3 is 0 Å². The molecule has 1 aromatic rings. The van der Waals surface area contributed by atoms with Crippen molar-refractivity contribution < 1.29 is 14.6 Å². The molecule has 4 heteroatoms. The summed E-state index contributed by atoms with van der Waals surface area (Å²) in [7, 11) is 1.51. The molecule has 1 aliphatic heterocycles. The number of piperidine rings is 1. The Morgan fingerprint density at radius 3 is 2.71 bits per heavy atom. The normalized spacial score (nSPS) is 15.8. The number of benzene rings is 1. The Balaban J connectivity index is 1.92. The first-order chi connectivity index (χ1) is 10.2. The van der Waals surface area contributed by atoms with Crippen LogP contribution < -0.4 is 4.74 Å². The maximum atomic E-state index is 11.9. The van der Waals surface area contributed by atoms with E-state index in [1.54, 1.807) is 30.4 Å². The van der Waals surface area contributed by atoms with Crippen LogP contribution in [0.2, 0.25) is 0 Å². The maximum Gasteiger partial charge on any atom is 0.246 e. The molecule has 1 amide bonds. The Hall–Kier alpha value is -2.23. The fraction of sp³-hybridized carbons (Fsp3) is 0.353. The molecule has 2 rings (SSSR count). The first kappa shape index (κ1) is 15.2. The standard InChI is InChI=1S/C17H21NO3/c1-21-16-13-14(9-10-15(16)19)7-3-4-8-17(20)18-11-5-2-6-12-18/h3-4,7-10,13,19H,2,5-6,11-12H2,1H3. The highest BCUT2D eigenvalue weighted by Gasteiger charge is 2.13. The first-order valence-corrected chi connectivity index (χ1v) is 7.21. The van der Waals surface area contributed by atoms with Crippen LogP contribution in [0.1, 0.15) is 24.8 Å². The van der Waals surface area contributed by atoms with Gasteiger partial charge in [0.25, 0.3) is 0 Å². The highest BCUT2D eigenvalue weighted by Crippen LogP contribution is 2.26. The average Bonchev–Trinajstić information content (AvgIpc) is 2.53. The number of carbonyl (C=O) groups is 1. The Bertz CT molecular complexity index is 543. The van der Waals surface area contributed by atoms with Gasteiger partial charge in [0.2, 0.25) is 5.91 Å². The molecule has 0 radical (unpaired) electrons. The van der Waals surface area contributed by atoms with E-state index in [0.717, 1.165) is 31.5 Å². The quantitative estimate of drug-likeness (QED) is 0.684. The fourth-order valence-corrected chi connectivity index (χ4v) is 2.32. The molecule has 0 aliphatic carbocycles. The number of allylic oxidation sites excluding steroid dienone is 2. The highest BCUT2D eigenvalue weighted by atomic mass is 16.5. The number of amides is 1. The SMILES string of the molecule is COc1cc(C=CC=CC(=O)N2CCCCC2)ccc1O. The van der Waals surface area contributed by atoms with Gasteiger partial charge in [-0.3, -0.25) is 4.79 Å². The molecule has 0 unspecified atom stereocenters. The van der Waals surface area contributed by atoms with Crippen LogP contribution in [0.4, 0.5) is 0 Å². The molecule has 21 heavy (non-hydrogen) atoms. The van der Waals surface area contributed by atoms with Gasteiger partial charge in [-0.1, -0.05) is 24.3 Å². The van der Waals surface area contributed by atoms with Crippen LogP contribution in [0.15, 0.2) is 36.4 Å². The summed E-state index contributed by atoms with van der Waals surface area (Å²) in [5.74, 6) is 0.624. The van der Waals surface area contributed by atoms with Crippen molar-refractivity contribution in [1.82, 2.24) is 4.90 Å². The largest absolute Gasteiger partial charge is 0.504 e. The lowest BCUT2D eigenvalue weighted by molar-refractivity contribution is -0.126. The molecule has 4 nitrogen and oxygen atoms in total. The molecule has 0 bridgehead atoms. The minimum absolute atomic E-state index is 0.0719. The number of hydrogen-bond donors (Lipinski definition) is 1. The summed E-state index contributed by atoms with van der Waals surface area (Å²) in [6, 6.07) is 5.11. The van der Waals surface area contributed by atoms with E-state index in [1.165, 1.54) is 13.5 Å². The van der Waals surface area contributed by atoms with Gasteiger partial charge in [0.15, 0.2) is 11.5 Å². The number of likely N-dealkylation sites (tertiary alicyclic amines) is 1. The Labute approximate surface area is 125 Å². The summed E-state index contributed by atoms with van der Waals surface area (Å²) in [5.41, 5.74) is 0.903. The number of methoxy groups -OCH3 is 1. The van der Waals surface area contributed by atoms with E-state index in [9.17, 15) is 9.90 Å². The third kappa shape index (κ3) is 4.38.